The highest BCUT2D eigenvalue weighted by Crippen LogP contribution is 2.44. The third kappa shape index (κ3) is 7.20. The molecule has 0 amide bonds. The van der Waals surface area contributed by atoms with Crippen molar-refractivity contribution in [3.8, 4) is 5.75 Å². The number of aliphatic hydroxyl groups is 1. The summed E-state index contributed by atoms with van der Waals surface area (Å²) in [5.74, 6) is 1.99. The van der Waals surface area contributed by atoms with Gasteiger partial charge in [0.25, 0.3) is 0 Å². The number of fused-ring (bicyclic) bond motifs is 3. The zero-order valence-corrected chi connectivity index (χ0v) is 26.7. The fraction of sp³-hybridized carbons (Fsp3) is 0.417. The Balaban J connectivity index is 0.000000319. The second-order valence-corrected chi connectivity index (χ2v) is 14.4. The Kier molecular flexibility index (Phi) is 9.61. The van der Waals surface area contributed by atoms with Gasteiger partial charge in [-0.1, -0.05) is 73.0 Å². The lowest BCUT2D eigenvalue weighted by Gasteiger charge is -2.51. The number of rotatable bonds is 8. The van der Waals surface area contributed by atoms with E-state index in [9.17, 15) is 22.5 Å². The van der Waals surface area contributed by atoms with E-state index in [1.807, 2.05) is 36.4 Å². The van der Waals surface area contributed by atoms with Crippen LogP contribution in [0.15, 0.2) is 100 Å². The summed E-state index contributed by atoms with van der Waals surface area (Å²) in [6.45, 7) is 3.84. The summed E-state index contributed by atoms with van der Waals surface area (Å²) >= 11 is 0. The van der Waals surface area contributed by atoms with Crippen LogP contribution in [0.1, 0.15) is 62.0 Å². The van der Waals surface area contributed by atoms with E-state index in [0.717, 1.165) is 86.3 Å². The maximum atomic E-state index is 13.3. The number of ether oxygens (including phenoxy) is 1. The Morgan fingerprint density at radius 3 is 2.15 bits per heavy atom. The Hall–Kier alpha value is -3.57. The van der Waals surface area contributed by atoms with E-state index in [4.69, 9.17) is 9.26 Å². The highest BCUT2D eigenvalue weighted by molar-refractivity contribution is 7.85. The molecule has 8 nitrogen and oxygen atoms in total. The van der Waals surface area contributed by atoms with Gasteiger partial charge < -0.3 is 23.4 Å². The number of halogens is 1. The van der Waals surface area contributed by atoms with Gasteiger partial charge in [0.2, 0.25) is 0 Å². The molecular formula is C36H41FN2O6S. The van der Waals surface area contributed by atoms with E-state index in [0.29, 0.717) is 11.6 Å². The van der Waals surface area contributed by atoms with Crippen LogP contribution in [0, 0.1) is 17.7 Å². The van der Waals surface area contributed by atoms with Crippen LogP contribution in [0.3, 0.4) is 0 Å². The number of hydrogen-bond acceptors (Lipinski definition) is 7. The predicted molar refractivity (Wildman–Crippen MR) is 169 cm³/mol. The Morgan fingerprint density at radius 2 is 1.54 bits per heavy atom. The summed E-state index contributed by atoms with van der Waals surface area (Å²) in [5, 5.41) is 16.7. The average molecular weight is 649 g/mol. The van der Waals surface area contributed by atoms with Gasteiger partial charge in [0, 0.05) is 24.8 Å². The Labute approximate surface area is 270 Å². The monoisotopic (exact) mass is 648 g/mol. The third-order valence-electron chi connectivity index (χ3n) is 10.0. The quantitative estimate of drug-likeness (QED) is 0.174. The van der Waals surface area contributed by atoms with Crippen LogP contribution in [0.5, 0.6) is 5.75 Å². The van der Waals surface area contributed by atoms with Gasteiger partial charge in [0.15, 0.2) is 11.9 Å². The van der Waals surface area contributed by atoms with Gasteiger partial charge >= 0.3 is 0 Å². The molecule has 8 rings (SSSR count). The average Bonchev–Trinajstić information content (AvgIpc) is 3.55. The van der Waals surface area contributed by atoms with Gasteiger partial charge in [0.05, 0.1) is 18.0 Å². The second kappa shape index (κ2) is 13.7. The van der Waals surface area contributed by atoms with Crippen molar-refractivity contribution in [2.75, 3.05) is 19.6 Å². The van der Waals surface area contributed by atoms with E-state index in [2.05, 4.69) is 5.16 Å². The normalized spacial score (nSPS) is 24.4. The molecule has 4 heterocycles. The smallest absolute Gasteiger partial charge is 0.191 e. The van der Waals surface area contributed by atoms with E-state index in [1.54, 1.807) is 18.2 Å². The molecule has 3 aliphatic heterocycles. The lowest BCUT2D eigenvalue weighted by Crippen LogP contribution is -2.64. The first-order chi connectivity index (χ1) is 22.1. The SMILES string of the molecule is O=S(=O)([O-])c1ccccc1.O[C@](c1ccccc1)(c1cc(C[N+]23CCC(CC2)[C@@H](Oc2ccc(F)cc2)C3)on1)C1CCCCC1. The van der Waals surface area contributed by atoms with Crippen LogP contribution < -0.4 is 4.74 Å². The number of nitrogens with zero attached hydrogens (tertiary/aromatic N) is 2. The van der Waals surface area contributed by atoms with Gasteiger partial charge in [-0.05, 0) is 60.7 Å². The van der Waals surface area contributed by atoms with Crippen molar-refractivity contribution >= 4 is 10.1 Å². The van der Waals surface area contributed by atoms with Crippen molar-refractivity contribution in [1.29, 1.82) is 0 Å². The molecule has 1 saturated carbocycles. The highest BCUT2D eigenvalue weighted by atomic mass is 32.2. The number of benzene rings is 3. The lowest BCUT2D eigenvalue weighted by molar-refractivity contribution is -0.959. The molecule has 10 heteroatoms. The summed E-state index contributed by atoms with van der Waals surface area (Å²) in [6, 6.07) is 25.5. The standard InChI is InChI=1S/C30H36FN2O3.C6H6O3S/c31-25-11-13-26(14-12-25)35-28-21-33(17-15-22(28)16-18-33)20-27-19-29(32-36-27)30(34,23-7-3-1-4-8-23)24-9-5-2-6-10-24;7-10(8,9)6-4-2-1-3-5-6/h1,3-4,7-8,11-14,19,22,24,28,34H,2,5-6,9-10,15-18,20-21H2;1-5H,(H,7,8,9)/q+1;/p-1/t22?,28-,30-,33?;/m0./s1. The molecule has 1 aromatic heterocycles. The largest absolute Gasteiger partial charge is 0.744 e. The molecule has 0 unspecified atom stereocenters. The second-order valence-electron chi connectivity index (χ2n) is 13.0. The van der Waals surface area contributed by atoms with Crippen LogP contribution in [-0.4, -0.2) is 53.5 Å². The molecule has 4 aliphatic rings. The zero-order chi connectivity index (χ0) is 32.2. The van der Waals surface area contributed by atoms with E-state index < -0.39 is 15.7 Å². The van der Waals surface area contributed by atoms with Crippen LogP contribution in [0.25, 0.3) is 0 Å². The molecule has 244 valence electrons. The zero-order valence-electron chi connectivity index (χ0n) is 25.8. The summed E-state index contributed by atoms with van der Waals surface area (Å²) in [5.41, 5.74) is 0.405. The first kappa shape index (κ1) is 32.4. The number of piperidine rings is 3. The molecule has 4 fully saturated rings. The van der Waals surface area contributed by atoms with Crippen molar-refractivity contribution in [1.82, 2.24) is 5.16 Å². The van der Waals surface area contributed by atoms with Crippen molar-refractivity contribution in [2.45, 2.75) is 68.1 Å². The lowest BCUT2D eigenvalue weighted by atomic mass is 9.71. The van der Waals surface area contributed by atoms with Gasteiger partial charge in [-0.15, -0.1) is 0 Å². The van der Waals surface area contributed by atoms with Crippen LogP contribution in [0.2, 0.25) is 0 Å². The predicted octanol–water partition coefficient (Wildman–Crippen LogP) is 6.41. The molecule has 0 radical (unpaired) electrons. The summed E-state index contributed by atoms with van der Waals surface area (Å²) in [7, 11) is -4.25. The van der Waals surface area contributed by atoms with Crippen LogP contribution >= 0.6 is 0 Å². The highest BCUT2D eigenvalue weighted by Gasteiger charge is 2.48. The van der Waals surface area contributed by atoms with Crippen molar-refractivity contribution in [3.05, 3.63) is 114 Å². The molecule has 4 aromatic rings. The summed E-state index contributed by atoms with van der Waals surface area (Å²) in [6.07, 6.45) is 7.85. The maximum absolute atomic E-state index is 13.3. The number of quaternary nitrogens is 1. The third-order valence-corrected chi connectivity index (χ3v) is 10.9. The van der Waals surface area contributed by atoms with Crippen molar-refractivity contribution in [3.63, 3.8) is 0 Å². The molecule has 0 spiro atoms. The van der Waals surface area contributed by atoms with Gasteiger partial charge in [0.1, 0.15) is 46.1 Å². The summed E-state index contributed by atoms with van der Waals surface area (Å²) < 4.78 is 57.3. The molecule has 1 aliphatic carbocycles. The molecule has 2 bridgehead atoms. The van der Waals surface area contributed by atoms with Crippen LogP contribution in [0.4, 0.5) is 4.39 Å². The Bertz CT molecular complexity index is 1670. The topological polar surface area (TPSA) is 113 Å². The molecular weight excluding hydrogens is 607 g/mol. The van der Waals surface area contributed by atoms with Crippen molar-refractivity contribution < 1.29 is 36.2 Å². The Morgan fingerprint density at radius 1 is 0.913 bits per heavy atom. The molecule has 1 N–H and O–H groups in total. The summed E-state index contributed by atoms with van der Waals surface area (Å²) in [4.78, 5) is -0.185. The number of hydrogen-bond donors (Lipinski definition) is 1. The first-order valence-corrected chi connectivity index (χ1v) is 17.6. The molecule has 2 atom stereocenters. The van der Waals surface area contributed by atoms with E-state index >= 15 is 0 Å². The fourth-order valence-electron chi connectivity index (χ4n) is 7.55. The molecule has 3 aromatic carbocycles. The minimum absolute atomic E-state index is 0.115. The fourth-order valence-corrected chi connectivity index (χ4v) is 8.05. The minimum Gasteiger partial charge on any atom is -0.744 e. The minimum atomic E-state index is -4.25. The first-order valence-electron chi connectivity index (χ1n) is 16.2. The van der Waals surface area contributed by atoms with E-state index in [1.165, 1.54) is 42.8 Å². The molecule has 46 heavy (non-hydrogen) atoms. The maximum Gasteiger partial charge on any atom is 0.191 e. The number of aromatic nitrogens is 1. The van der Waals surface area contributed by atoms with Gasteiger partial charge in [-0.2, -0.15) is 0 Å². The van der Waals surface area contributed by atoms with Crippen LogP contribution in [-0.2, 0) is 22.3 Å². The van der Waals surface area contributed by atoms with Gasteiger partial charge in [-0.25, -0.2) is 12.8 Å². The van der Waals surface area contributed by atoms with Gasteiger partial charge in [-0.3, -0.25) is 0 Å². The van der Waals surface area contributed by atoms with Crippen molar-refractivity contribution in [2.24, 2.45) is 11.8 Å². The molecule has 3 saturated heterocycles. The van der Waals surface area contributed by atoms with E-state index in [-0.39, 0.29) is 22.7 Å².